The van der Waals surface area contributed by atoms with Gasteiger partial charge in [-0.3, -0.25) is 19.1 Å². The Kier molecular flexibility index (Phi) is 7.33. The highest BCUT2D eigenvalue weighted by atomic mass is 32.2. The van der Waals surface area contributed by atoms with E-state index < -0.39 is 11.2 Å². The average molecular weight is 441 g/mol. The van der Waals surface area contributed by atoms with Gasteiger partial charge in [0.05, 0.1) is 10.9 Å². The molecule has 3 aromatic rings. The maximum atomic E-state index is 13.0. The number of H-pyrrole nitrogens is 1. The lowest BCUT2D eigenvalue weighted by atomic mass is 10.0. The molecule has 8 heteroatoms. The van der Waals surface area contributed by atoms with Crippen molar-refractivity contribution in [1.29, 1.82) is 0 Å². The Morgan fingerprint density at radius 2 is 1.94 bits per heavy atom. The van der Waals surface area contributed by atoms with E-state index in [0.717, 1.165) is 11.5 Å². The predicted molar refractivity (Wildman–Crippen MR) is 126 cm³/mol. The number of carbonyl (C=O) groups is 1. The average Bonchev–Trinajstić information content (AvgIpc) is 2.74. The Morgan fingerprint density at radius 3 is 2.58 bits per heavy atom. The van der Waals surface area contributed by atoms with Crippen LogP contribution in [0.25, 0.3) is 11.0 Å². The molecule has 0 aliphatic carbocycles. The van der Waals surface area contributed by atoms with Gasteiger partial charge in [-0.1, -0.05) is 43.7 Å². The molecular formula is C23H28N4O3S. The van der Waals surface area contributed by atoms with Gasteiger partial charge in [0, 0.05) is 30.3 Å². The van der Waals surface area contributed by atoms with Gasteiger partial charge >= 0.3 is 5.69 Å². The Labute approximate surface area is 185 Å². The van der Waals surface area contributed by atoms with Crippen LogP contribution in [0.5, 0.6) is 0 Å². The van der Waals surface area contributed by atoms with E-state index >= 15 is 0 Å². The Morgan fingerprint density at radius 1 is 1.23 bits per heavy atom. The highest BCUT2D eigenvalue weighted by molar-refractivity contribution is 7.98. The molecule has 3 rings (SSSR count). The lowest BCUT2D eigenvalue weighted by Gasteiger charge is -2.14. The van der Waals surface area contributed by atoms with E-state index in [-0.39, 0.29) is 28.4 Å². The molecule has 0 unspecified atom stereocenters. The topological polar surface area (TPSA) is 96.9 Å². The van der Waals surface area contributed by atoms with Gasteiger partial charge in [-0.15, -0.1) is 0 Å². The van der Waals surface area contributed by atoms with Crippen molar-refractivity contribution in [3.8, 4) is 0 Å². The number of amides is 1. The van der Waals surface area contributed by atoms with E-state index in [1.807, 2.05) is 13.8 Å². The lowest BCUT2D eigenvalue weighted by Crippen LogP contribution is -2.33. The highest BCUT2D eigenvalue weighted by Crippen LogP contribution is 2.20. The zero-order valence-electron chi connectivity index (χ0n) is 18.3. The van der Waals surface area contributed by atoms with Crippen molar-refractivity contribution in [3.63, 3.8) is 0 Å². The number of nitrogens with zero attached hydrogens (tertiary/aromatic N) is 2. The number of rotatable bonds is 8. The second kappa shape index (κ2) is 9.96. The first kappa shape index (κ1) is 22.8. The monoisotopic (exact) mass is 440 g/mol. The molecule has 164 valence electrons. The number of thioether (sulfide) groups is 1. The molecule has 0 radical (unpaired) electrons. The zero-order chi connectivity index (χ0) is 22.5. The molecule has 1 aromatic carbocycles. The SMILES string of the molecule is CCn1c(=O)[nH]c(=O)c2c(C(=O)NCCSCc3ccc(C)cc3)cc(C(C)C)nc21. The molecule has 0 saturated heterocycles. The van der Waals surface area contributed by atoms with Crippen LogP contribution >= 0.6 is 11.8 Å². The van der Waals surface area contributed by atoms with Crippen LogP contribution in [0.4, 0.5) is 0 Å². The number of fused-ring (bicyclic) bond motifs is 1. The first-order valence-electron chi connectivity index (χ1n) is 10.4. The van der Waals surface area contributed by atoms with Crippen LogP contribution < -0.4 is 16.6 Å². The van der Waals surface area contributed by atoms with E-state index in [2.05, 4.69) is 46.5 Å². The number of benzene rings is 1. The summed E-state index contributed by atoms with van der Waals surface area (Å²) in [6.07, 6.45) is 0. The second-order valence-electron chi connectivity index (χ2n) is 7.75. The van der Waals surface area contributed by atoms with Crippen molar-refractivity contribution in [3.05, 3.63) is 73.6 Å². The molecule has 2 heterocycles. The molecule has 0 aliphatic rings. The summed E-state index contributed by atoms with van der Waals surface area (Å²) in [5.74, 6) is 1.32. The third kappa shape index (κ3) is 5.25. The van der Waals surface area contributed by atoms with Gasteiger partial charge in [-0.2, -0.15) is 11.8 Å². The van der Waals surface area contributed by atoms with Gasteiger partial charge < -0.3 is 5.32 Å². The molecule has 0 fully saturated rings. The molecule has 0 atom stereocenters. The van der Waals surface area contributed by atoms with Crippen molar-refractivity contribution in [2.45, 2.75) is 45.9 Å². The van der Waals surface area contributed by atoms with Crippen molar-refractivity contribution in [2.24, 2.45) is 0 Å². The number of hydrogen-bond acceptors (Lipinski definition) is 5. The van der Waals surface area contributed by atoms with Crippen LogP contribution in [0.2, 0.25) is 0 Å². The summed E-state index contributed by atoms with van der Waals surface area (Å²) >= 11 is 1.73. The Balaban J connectivity index is 1.79. The van der Waals surface area contributed by atoms with Crippen molar-refractivity contribution in [2.75, 3.05) is 12.3 Å². The number of pyridine rings is 1. The van der Waals surface area contributed by atoms with Crippen molar-refractivity contribution in [1.82, 2.24) is 19.9 Å². The van der Waals surface area contributed by atoms with Crippen molar-refractivity contribution >= 4 is 28.7 Å². The Hall–Kier alpha value is -2.87. The van der Waals surface area contributed by atoms with Crippen molar-refractivity contribution < 1.29 is 4.79 Å². The van der Waals surface area contributed by atoms with E-state index in [9.17, 15) is 14.4 Å². The summed E-state index contributed by atoms with van der Waals surface area (Å²) in [5, 5.41) is 3.05. The number of nitrogens with one attached hydrogen (secondary N) is 2. The summed E-state index contributed by atoms with van der Waals surface area (Å²) in [4.78, 5) is 44.5. The fourth-order valence-corrected chi connectivity index (χ4v) is 4.09. The predicted octanol–water partition coefficient (Wildman–Crippen LogP) is 3.20. The molecule has 2 N–H and O–H groups in total. The quantitative estimate of drug-likeness (QED) is 0.524. The number of aromatic nitrogens is 3. The van der Waals surface area contributed by atoms with Crippen LogP contribution in [0.15, 0.2) is 39.9 Å². The van der Waals surface area contributed by atoms with Gasteiger partial charge in [0.1, 0.15) is 0 Å². The fourth-order valence-electron chi connectivity index (χ4n) is 3.27. The van der Waals surface area contributed by atoms with Gasteiger partial charge in [0.2, 0.25) is 0 Å². The van der Waals surface area contributed by atoms with Gasteiger partial charge in [-0.05, 0) is 31.4 Å². The van der Waals surface area contributed by atoms with Gasteiger partial charge in [0.25, 0.3) is 11.5 Å². The second-order valence-corrected chi connectivity index (χ2v) is 8.85. The molecule has 2 aromatic heterocycles. The smallest absolute Gasteiger partial charge is 0.329 e. The van der Waals surface area contributed by atoms with E-state index in [0.29, 0.717) is 18.8 Å². The molecule has 0 aliphatic heterocycles. The standard InChI is InChI=1S/C23H28N4O3S/c1-5-27-20-19(22(29)26-23(27)30)17(12-18(25-20)14(2)3)21(28)24-10-11-31-13-16-8-6-15(4)7-9-16/h6-9,12,14H,5,10-11,13H2,1-4H3,(H,24,28)(H,26,29,30). The van der Waals surface area contributed by atoms with E-state index in [1.54, 1.807) is 24.8 Å². The minimum atomic E-state index is -0.591. The third-order valence-electron chi connectivity index (χ3n) is 5.04. The summed E-state index contributed by atoms with van der Waals surface area (Å²) in [5.41, 5.74) is 2.53. The molecular weight excluding hydrogens is 412 g/mol. The summed E-state index contributed by atoms with van der Waals surface area (Å²) in [6.45, 7) is 8.59. The number of carbonyl (C=O) groups excluding carboxylic acids is 1. The molecule has 7 nitrogen and oxygen atoms in total. The summed E-state index contributed by atoms with van der Waals surface area (Å²) in [7, 11) is 0. The normalized spacial score (nSPS) is 11.3. The Bertz CT molecular complexity index is 1200. The molecule has 0 saturated carbocycles. The minimum absolute atomic E-state index is 0.0423. The number of aryl methyl sites for hydroxylation is 2. The fraction of sp³-hybridized carbons (Fsp3) is 0.391. The van der Waals surface area contributed by atoms with E-state index in [1.165, 1.54) is 15.7 Å². The third-order valence-corrected chi connectivity index (χ3v) is 6.07. The maximum Gasteiger partial charge on any atom is 0.329 e. The zero-order valence-corrected chi connectivity index (χ0v) is 19.1. The van der Waals surface area contributed by atoms with Crippen LogP contribution in [0.1, 0.15) is 53.9 Å². The summed E-state index contributed by atoms with van der Waals surface area (Å²) < 4.78 is 1.39. The van der Waals surface area contributed by atoms with Gasteiger partial charge in [-0.25, -0.2) is 9.78 Å². The molecule has 31 heavy (non-hydrogen) atoms. The number of hydrogen-bond donors (Lipinski definition) is 2. The minimum Gasteiger partial charge on any atom is -0.351 e. The first-order chi connectivity index (χ1) is 14.8. The lowest BCUT2D eigenvalue weighted by molar-refractivity contribution is 0.0957. The van der Waals surface area contributed by atoms with Crippen LogP contribution in [-0.2, 0) is 12.3 Å². The van der Waals surface area contributed by atoms with Gasteiger partial charge in [0.15, 0.2) is 5.65 Å². The maximum absolute atomic E-state index is 13.0. The molecule has 0 spiro atoms. The van der Waals surface area contributed by atoms with Crippen LogP contribution in [0, 0.1) is 6.92 Å². The molecule has 0 bridgehead atoms. The van der Waals surface area contributed by atoms with E-state index in [4.69, 9.17) is 0 Å². The summed E-state index contributed by atoms with van der Waals surface area (Å²) in [6, 6.07) is 10.0. The largest absolute Gasteiger partial charge is 0.351 e. The van der Waals surface area contributed by atoms with Crippen LogP contribution in [-0.4, -0.2) is 32.7 Å². The first-order valence-corrected chi connectivity index (χ1v) is 11.6. The van der Waals surface area contributed by atoms with Crippen LogP contribution in [0.3, 0.4) is 0 Å². The highest BCUT2D eigenvalue weighted by Gasteiger charge is 2.19. The molecule has 1 amide bonds. The number of aromatic amines is 1.